The highest BCUT2D eigenvalue weighted by Gasteiger charge is 2.05. The molecule has 0 saturated carbocycles. The van der Waals surface area contributed by atoms with Gasteiger partial charge in [0, 0.05) is 6.04 Å². The zero-order valence-electron chi connectivity index (χ0n) is 12.5. The molecule has 0 heterocycles. The highest BCUT2D eigenvalue weighted by Crippen LogP contribution is 2.19. The summed E-state index contributed by atoms with van der Waals surface area (Å²) in [6.07, 6.45) is 11.4. The Bertz CT molecular complexity index is 176. The van der Waals surface area contributed by atoms with Crippen LogP contribution in [-0.4, -0.2) is 13.1 Å². The van der Waals surface area contributed by atoms with E-state index < -0.39 is 0 Å². The van der Waals surface area contributed by atoms with Crippen LogP contribution in [0.4, 0.5) is 0 Å². The SMILES string of the molecule is C=CCC(C)CCCC(C)CCCC(C)NC. The fraction of sp³-hybridized carbons (Fsp3) is 0.875. The third kappa shape index (κ3) is 10.6. The number of hydrogen-bond donors (Lipinski definition) is 1. The molecule has 0 spiro atoms. The van der Waals surface area contributed by atoms with E-state index in [2.05, 4.69) is 39.7 Å². The number of nitrogens with one attached hydrogen (secondary N) is 1. The Morgan fingerprint density at radius 1 is 0.941 bits per heavy atom. The standard InChI is InChI=1S/C16H33N/c1-6-9-14(2)10-7-11-15(3)12-8-13-16(4)17-5/h6,14-17H,1,7-13H2,2-5H3. The van der Waals surface area contributed by atoms with E-state index in [1.807, 2.05) is 6.08 Å². The average Bonchev–Trinajstić information content (AvgIpc) is 2.29. The molecule has 1 heteroatoms. The zero-order valence-corrected chi connectivity index (χ0v) is 12.5. The molecule has 102 valence electrons. The van der Waals surface area contributed by atoms with Gasteiger partial charge in [0.2, 0.25) is 0 Å². The van der Waals surface area contributed by atoms with Crippen LogP contribution in [0.5, 0.6) is 0 Å². The van der Waals surface area contributed by atoms with Crippen molar-refractivity contribution >= 4 is 0 Å². The molecule has 0 aromatic heterocycles. The van der Waals surface area contributed by atoms with Gasteiger partial charge in [-0.2, -0.15) is 0 Å². The van der Waals surface area contributed by atoms with Crippen molar-refractivity contribution in [3.63, 3.8) is 0 Å². The first-order chi connectivity index (χ1) is 8.10. The Hall–Kier alpha value is -0.300. The highest BCUT2D eigenvalue weighted by atomic mass is 14.8. The molecule has 0 rings (SSSR count). The largest absolute Gasteiger partial charge is 0.317 e. The van der Waals surface area contributed by atoms with Crippen LogP contribution < -0.4 is 5.32 Å². The maximum atomic E-state index is 3.80. The smallest absolute Gasteiger partial charge is 0.00357 e. The van der Waals surface area contributed by atoms with E-state index in [9.17, 15) is 0 Å². The lowest BCUT2D eigenvalue weighted by Crippen LogP contribution is -2.20. The zero-order chi connectivity index (χ0) is 13.1. The van der Waals surface area contributed by atoms with Crippen molar-refractivity contribution in [2.75, 3.05) is 7.05 Å². The van der Waals surface area contributed by atoms with Crippen LogP contribution in [0, 0.1) is 11.8 Å². The normalized spacial score (nSPS) is 16.5. The summed E-state index contributed by atoms with van der Waals surface area (Å²) < 4.78 is 0. The second-order valence-corrected chi connectivity index (χ2v) is 5.79. The first-order valence-corrected chi connectivity index (χ1v) is 7.38. The maximum absolute atomic E-state index is 3.80. The van der Waals surface area contributed by atoms with Gasteiger partial charge in [-0.1, -0.05) is 52.0 Å². The molecule has 3 unspecified atom stereocenters. The van der Waals surface area contributed by atoms with Crippen molar-refractivity contribution in [3.05, 3.63) is 12.7 Å². The highest BCUT2D eigenvalue weighted by molar-refractivity contribution is 4.70. The minimum atomic E-state index is 0.676. The van der Waals surface area contributed by atoms with Gasteiger partial charge in [-0.15, -0.1) is 6.58 Å². The molecule has 0 aromatic carbocycles. The van der Waals surface area contributed by atoms with Gasteiger partial charge in [0.25, 0.3) is 0 Å². The second kappa shape index (κ2) is 10.8. The Morgan fingerprint density at radius 3 is 2.00 bits per heavy atom. The first kappa shape index (κ1) is 16.7. The van der Waals surface area contributed by atoms with E-state index in [1.54, 1.807) is 0 Å². The van der Waals surface area contributed by atoms with Gasteiger partial charge in [0.05, 0.1) is 0 Å². The third-order valence-electron chi connectivity index (χ3n) is 3.79. The Labute approximate surface area is 109 Å². The quantitative estimate of drug-likeness (QED) is 0.511. The monoisotopic (exact) mass is 239 g/mol. The van der Waals surface area contributed by atoms with E-state index in [-0.39, 0.29) is 0 Å². The minimum absolute atomic E-state index is 0.676. The predicted molar refractivity (Wildman–Crippen MR) is 79.4 cm³/mol. The van der Waals surface area contributed by atoms with Gasteiger partial charge in [0.1, 0.15) is 0 Å². The van der Waals surface area contributed by atoms with Gasteiger partial charge >= 0.3 is 0 Å². The number of rotatable bonds is 11. The molecule has 0 aliphatic rings. The summed E-state index contributed by atoms with van der Waals surface area (Å²) in [4.78, 5) is 0. The fourth-order valence-electron chi connectivity index (χ4n) is 2.28. The van der Waals surface area contributed by atoms with Crippen LogP contribution in [0.2, 0.25) is 0 Å². The summed E-state index contributed by atoms with van der Waals surface area (Å²) >= 11 is 0. The lowest BCUT2D eigenvalue weighted by molar-refractivity contribution is 0.402. The molecule has 0 aliphatic heterocycles. The maximum Gasteiger partial charge on any atom is 0.00357 e. The molecule has 0 amide bonds. The second-order valence-electron chi connectivity index (χ2n) is 5.79. The lowest BCUT2D eigenvalue weighted by atomic mass is 9.93. The molecule has 17 heavy (non-hydrogen) atoms. The molecule has 0 radical (unpaired) electrons. The Kier molecular flexibility index (Phi) is 10.6. The average molecular weight is 239 g/mol. The summed E-state index contributed by atoms with van der Waals surface area (Å²) in [6, 6.07) is 0.676. The lowest BCUT2D eigenvalue weighted by Gasteiger charge is -2.15. The molecule has 1 nitrogen and oxygen atoms in total. The summed E-state index contributed by atoms with van der Waals surface area (Å²) in [5.41, 5.74) is 0. The van der Waals surface area contributed by atoms with E-state index in [0.29, 0.717) is 6.04 Å². The van der Waals surface area contributed by atoms with Crippen molar-refractivity contribution in [2.24, 2.45) is 11.8 Å². The van der Waals surface area contributed by atoms with E-state index in [0.717, 1.165) is 11.8 Å². The van der Waals surface area contributed by atoms with Gasteiger partial charge in [-0.05, 0) is 38.6 Å². The van der Waals surface area contributed by atoms with Gasteiger partial charge in [0.15, 0.2) is 0 Å². The van der Waals surface area contributed by atoms with Crippen LogP contribution in [0.25, 0.3) is 0 Å². The Balaban J connectivity index is 3.40. The van der Waals surface area contributed by atoms with Crippen LogP contribution in [0.1, 0.15) is 65.7 Å². The third-order valence-corrected chi connectivity index (χ3v) is 3.79. The minimum Gasteiger partial charge on any atom is -0.317 e. The van der Waals surface area contributed by atoms with Crippen molar-refractivity contribution in [1.29, 1.82) is 0 Å². The van der Waals surface area contributed by atoms with Gasteiger partial charge < -0.3 is 5.32 Å². The summed E-state index contributed by atoms with van der Waals surface area (Å²) in [5, 5.41) is 3.30. The summed E-state index contributed by atoms with van der Waals surface area (Å²) in [5.74, 6) is 1.72. The van der Waals surface area contributed by atoms with Crippen molar-refractivity contribution in [3.8, 4) is 0 Å². The fourth-order valence-corrected chi connectivity index (χ4v) is 2.28. The van der Waals surface area contributed by atoms with Crippen LogP contribution >= 0.6 is 0 Å². The van der Waals surface area contributed by atoms with Gasteiger partial charge in [-0.25, -0.2) is 0 Å². The molecule has 1 N–H and O–H groups in total. The molecule has 0 bridgehead atoms. The van der Waals surface area contributed by atoms with E-state index >= 15 is 0 Å². The van der Waals surface area contributed by atoms with Crippen LogP contribution in [-0.2, 0) is 0 Å². The molecular formula is C16H33N. The van der Waals surface area contributed by atoms with Gasteiger partial charge in [-0.3, -0.25) is 0 Å². The van der Waals surface area contributed by atoms with Crippen molar-refractivity contribution in [2.45, 2.75) is 71.8 Å². The number of hydrogen-bond acceptors (Lipinski definition) is 1. The summed E-state index contributed by atoms with van der Waals surface area (Å²) in [6.45, 7) is 10.8. The molecule has 0 fully saturated rings. The summed E-state index contributed by atoms with van der Waals surface area (Å²) in [7, 11) is 2.05. The molecule has 0 saturated heterocycles. The topological polar surface area (TPSA) is 12.0 Å². The predicted octanol–water partition coefficient (Wildman–Crippen LogP) is 4.78. The van der Waals surface area contributed by atoms with E-state index in [4.69, 9.17) is 0 Å². The number of allylic oxidation sites excluding steroid dienone is 1. The molecule has 3 atom stereocenters. The molecule has 0 aromatic rings. The van der Waals surface area contributed by atoms with Crippen molar-refractivity contribution in [1.82, 2.24) is 5.32 Å². The molecular weight excluding hydrogens is 206 g/mol. The van der Waals surface area contributed by atoms with Crippen LogP contribution in [0.15, 0.2) is 12.7 Å². The van der Waals surface area contributed by atoms with E-state index in [1.165, 1.54) is 44.9 Å². The first-order valence-electron chi connectivity index (χ1n) is 7.38. The van der Waals surface area contributed by atoms with Crippen molar-refractivity contribution < 1.29 is 0 Å². The Morgan fingerprint density at radius 2 is 1.47 bits per heavy atom. The molecule has 0 aliphatic carbocycles. The van der Waals surface area contributed by atoms with Crippen LogP contribution in [0.3, 0.4) is 0 Å².